The first-order valence-corrected chi connectivity index (χ1v) is 12.6. The molecule has 6 rings (SSSR count). The lowest BCUT2D eigenvalue weighted by Gasteiger charge is -2.19. The first-order chi connectivity index (χ1) is 17.0. The highest BCUT2D eigenvalue weighted by Gasteiger charge is 2.31. The largest absolute Gasteiger partial charge is 0.476 e. The summed E-state index contributed by atoms with van der Waals surface area (Å²) in [5.41, 5.74) is 8.15. The molecule has 35 heavy (non-hydrogen) atoms. The summed E-state index contributed by atoms with van der Waals surface area (Å²) in [4.78, 5) is 6.80. The molecule has 1 unspecified atom stereocenters. The molecule has 8 heteroatoms. The van der Waals surface area contributed by atoms with Gasteiger partial charge in [0.15, 0.2) is 5.82 Å². The van der Waals surface area contributed by atoms with Crippen molar-refractivity contribution in [3.63, 3.8) is 0 Å². The molecule has 4 aromatic rings. The first-order valence-electron chi connectivity index (χ1n) is 11.8. The van der Waals surface area contributed by atoms with Gasteiger partial charge in [-0.05, 0) is 74.5 Å². The van der Waals surface area contributed by atoms with E-state index in [0.29, 0.717) is 40.4 Å². The van der Waals surface area contributed by atoms with Crippen LogP contribution in [-0.2, 0) is 0 Å². The van der Waals surface area contributed by atoms with Crippen molar-refractivity contribution in [1.29, 1.82) is 5.26 Å². The average molecular weight is 491 g/mol. The minimum atomic E-state index is -0.477. The summed E-state index contributed by atoms with van der Waals surface area (Å²) in [6, 6.07) is 10.9. The monoisotopic (exact) mass is 490 g/mol. The van der Waals surface area contributed by atoms with Crippen LogP contribution < -0.4 is 10.5 Å². The second-order valence-electron chi connectivity index (χ2n) is 9.49. The van der Waals surface area contributed by atoms with Crippen LogP contribution in [0.5, 0.6) is 5.88 Å². The number of rotatable bonds is 5. The minimum absolute atomic E-state index is 0.187. The number of halogens is 2. The van der Waals surface area contributed by atoms with E-state index in [0.717, 1.165) is 49.1 Å². The number of nitriles is 1. The van der Waals surface area contributed by atoms with E-state index in [1.54, 1.807) is 12.1 Å². The molecule has 0 amide bonds. The van der Waals surface area contributed by atoms with E-state index >= 15 is 4.39 Å². The average Bonchev–Trinajstić information content (AvgIpc) is 3.53. The quantitative estimate of drug-likeness (QED) is 0.361. The van der Waals surface area contributed by atoms with Crippen molar-refractivity contribution >= 4 is 37.3 Å². The van der Waals surface area contributed by atoms with Crippen molar-refractivity contribution in [3.05, 3.63) is 53.1 Å². The van der Waals surface area contributed by atoms with Gasteiger partial charge in [0.25, 0.3) is 0 Å². The van der Waals surface area contributed by atoms with E-state index in [2.05, 4.69) is 23.0 Å². The number of hydrogen-bond acceptors (Lipinski definition) is 6. The van der Waals surface area contributed by atoms with Crippen molar-refractivity contribution in [1.82, 2.24) is 9.88 Å². The van der Waals surface area contributed by atoms with Gasteiger partial charge in [-0.2, -0.15) is 5.26 Å². The Labute approximate surface area is 205 Å². The van der Waals surface area contributed by atoms with Gasteiger partial charge >= 0.3 is 0 Å². The van der Waals surface area contributed by atoms with E-state index in [-0.39, 0.29) is 26.7 Å². The van der Waals surface area contributed by atoms with Crippen LogP contribution in [0.15, 0.2) is 30.3 Å². The van der Waals surface area contributed by atoms with E-state index in [1.165, 1.54) is 6.07 Å². The lowest BCUT2D eigenvalue weighted by Crippen LogP contribution is -2.30. The molecule has 0 bridgehead atoms. The first kappa shape index (κ1) is 22.2. The minimum Gasteiger partial charge on any atom is -0.476 e. The number of likely N-dealkylation sites (tertiary alicyclic amines) is 1. The number of pyridine rings is 1. The lowest BCUT2D eigenvalue weighted by atomic mass is 9.91. The topological polar surface area (TPSA) is 75.2 Å². The van der Waals surface area contributed by atoms with E-state index in [1.807, 2.05) is 12.1 Å². The molecule has 1 aliphatic heterocycles. The molecule has 0 radical (unpaired) electrons. The molecular formula is C27H24F2N4OS. The number of ether oxygens (including phenoxy) is 1. The highest BCUT2D eigenvalue weighted by molar-refractivity contribution is 7.23. The van der Waals surface area contributed by atoms with Gasteiger partial charge in [-0.1, -0.05) is 6.07 Å². The normalized spacial score (nSPS) is 18.4. The van der Waals surface area contributed by atoms with Crippen LogP contribution in [0.3, 0.4) is 0 Å². The second-order valence-corrected chi connectivity index (χ2v) is 10.5. The number of fused-ring (bicyclic) bond motifs is 2. The van der Waals surface area contributed by atoms with Gasteiger partial charge in [0.1, 0.15) is 29.0 Å². The summed E-state index contributed by atoms with van der Waals surface area (Å²) in [6.45, 7) is 1.55. The Kier molecular flexibility index (Phi) is 5.35. The molecule has 3 heterocycles. The molecule has 5 nitrogen and oxygen atoms in total. The highest BCUT2D eigenvalue weighted by atomic mass is 32.1. The van der Waals surface area contributed by atoms with Crippen molar-refractivity contribution in [2.45, 2.75) is 37.6 Å². The fourth-order valence-electron chi connectivity index (χ4n) is 5.18. The van der Waals surface area contributed by atoms with Crippen LogP contribution in [0.1, 0.15) is 42.7 Å². The van der Waals surface area contributed by atoms with Crippen molar-refractivity contribution in [2.75, 3.05) is 25.9 Å². The Morgan fingerprint density at radius 2 is 2.06 bits per heavy atom. The van der Waals surface area contributed by atoms with E-state index < -0.39 is 11.6 Å². The summed E-state index contributed by atoms with van der Waals surface area (Å²) in [7, 11) is 2.08. The number of nitrogens with two attached hydrogens (primary N) is 1. The van der Waals surface area contributed by atoms with Crippen LogP contribution in [0.2, 0.25) is 0 Å². The standard InChI is InChI=1S/C27H24F2N4OS/c1-33-10-2-3-16(33)13-34-21-9-6-15-11-18(14-4-5-14)22(24(29)25(15)32-21)17-7-8-20(28)26-23(17)19(12-30)27(31)35-26/h6-9,11,14,16H,2-5,10,13,31H2,1H3. The molecular weight excluding hydrogens is 466 g/mol. The molecule has 2 aliphatic rings. The molecule has 1 saturated carbocycles. The van der Waals surface area contributed by atoms with Gasteiger partial charge in [0.05, 0.1) is 10.3 Å². The molecule has 2 aromatic heterocycles. The third-order valence-corrected chi connectivity index (χ3v) is 8.27. The third-order valence-electron chi connectivity index (χ3n) is 7.24. The number of benzene rings is 2. The van der Waals surface area contributed by atoms with Crippen LogP contribution in [-0.4, -0.2) is 36.1 Å². The number of likely N-dealkylation sites (N-methyl/N-ethyl adjacent to an activating group) is 1. The van der Waals surface area contributed by atoms with Crippen molar-refractivity contribution in [2.24, 2.45) is 0 Å². The maximum absolute atomic E-state index is 16.3. The summed E-state index contributed by atoms with van der Waals surface area (Å²) in [5, 5.41) is 11.0. The number of aromatic nitrogens is 1. The van der Waals surface area contributed by atoms with Crippen LogP contribution in [0.4, 0.5) is 13.8 Å². The molecule has 178 valence electrons. The number of hydrogen-bond donors (Lipinski definition) is 1. The summed E-state index contributed by atoms with van der Waals surface area (Å²) in [6.07, 6.45) is 4.13. The SMILES string of the molecule is CN1CCCC1COc1ccc2cc(C3CC3)c(-c3ccc(F)c4sc(N)c(C#N)c34)c(F)c2n1. The molecule has 1 aliphatic carbocycles. The van der Waals surface area contributed by atoms with Crippen LogP contribution in [0, 0.1) is 23.0 Å². The number of anilines is 1. The number of thiophene rings is 1. The second kappa shape index (κ2) is 8.43. The molecule has 1 atom stereocenters. The Morgan fingerprint density at radius 3 is 2.77 bits per heavy atom. The molecule has 2 aromatic carbocycles. The smallest absolute Gasteiger partial charge is 0.213 e. The van der Waals surface area contributed by atoms with Crippen LogP contribution in [0.25, 0.3) is 32.1 Å². The number of nitrogen functional groups attached to an aromatic ring is 1. The number of nitrogens with zero attached hydrogens (tertiary/aromatic N) is 3. The molecule has 2 N–H and O–H groups in total. The fraction of sp³-hybridized carbons (Fsp3) is 0.333. The fourth-order valence-corrected chi connectivity index (χ4v) is 6.13. The van der Waals surface area contributed by atoms with Gasteiger partial charge in [0, 0.05) is 28.4 Å². The van der Waals surface area contributed by atoms with Gasteiger partial charge in [0.2, 0.25) is 5.88 Å². The zero-order valence-electron chi connectivity index (χ0n) is 19.3. The molecule has 2 fully saturated rings. The summed E-state index contributed by atoms with van der Waals surface area (Å²) in [5.74, 6) is -0.348. The maximum Gasteiger partial charge on any atom is 0.213 e. The third kappa shape index (κ3) is 3.70. The van der Waals surface area contributed by atoms with Gasteiger partial charge in [-0.15, -0.1) is 11.3 Å². The predicted molar refractivity (Wildman–Crippen MR) is 135 cm³/mol. The Hall–Kier alpha value is -3.28. The molecule has 0 spiro atoms. The van der Waals surface area contributed by atoms with Gasteiger partial charge < -0.3 is 15.4 Å². The zero-order valence-corrected chi connectivity index (χ0v) is 20.1. The maximum atomic E-state index is 16.3. The van der Waals surface area contributed by atoms with Gasteiger partial charge in [-0.3, -0.25) is 0 Å². The van der Waals surface area contributed by atoms with E-state index in [4.69, 9.17) is 10.5 Å². The Morgan fingerprint density at radius 1 is 1.23 bits per heavy atom. The lowest BCUT2D eigenvalue weighted by molar-refractivity contribution is 0.193. The van der Waals surface area contributed by atoms with Crippen LogP contribution >= 0.6 is 11.3 Å². The van der Waals surface area contributed by atoms with Crippen molar-refractivity contribution < 1.29 is 13.5 Å². The summed E-state index contributed by atoms with van der Waals surface area (Å²) < 4.78 is 37.2. The van der Waals surface area contributed by atoms with E-state index in [9.17, 15) is 9.65 Å². The molecule has 1 saturated heterocycles. The highest BCUT2D eigenvalue weighted by Crippen LogP contribution is 2.50. The predicted octanol–water partition coefficient (Wildman–Crippen LogP) is 6.20. The van der Waals surface area contributed by atoms with Gasteiger partial charge in [-0.25, -0.2) is 13.8 Å². The van der Waals surface area contributed by atoms with Crippen molar-refractivity contribution in [3.8, 4) is 23.1 Å². The summed E-state index contributed by atoms with van der Waals surface area (Å²) >= 11 is 1.02. The Bertz CT molecular complexity index is 1520. The Balaban J connectivity index is 1.52. The zero-order chi connectivity index (χ0) is 24.3.